The van der Waals surface area contributed by atoms with E-state index in [9.17, 15) is 35.5 Å². The van der Waals surface area contributed by atoms with Gasteiger partial charge < -0.3 is 74.4 Å². The number of nitrogens with zero attached hydrogens (tertiary/aromatic N) is 1. The first kappa shape index (κ1) is 50.3. The van der Waals surface area contributed by atoms with E-state index in [0.29, 0.717) is 13.1 Å². The number of aliphatic hydroxyl groups excluding tert-OH is 2. The Morgan fingerprint density at radius 3 is 2.18 bits per heavy atom. The smallest absolute Gasteiger partial charge is 0.311 e. The lowest BCUT2D eigenvalue weighted by Gasteiger charge is -2.54. The Kier molecular flexibility index (Phi) is 17.4. The Morgan fingerprint density at radius 1 is 0.982 bits per heavy atom. The van der Waals surface area contributed by atoms with Crippen molar-refractivity contribution in [2.24, 2.45) is 17.8 Å². The molecule has 0 bridgehead atoms. The number of rotatable bonds is 11. The quantitative estimate of drug-likeness (QED) is 0.0686. The third-order valence-electron chi connectivity index (χ3n) is 13.2. The van der Waals surface area contributed by atoms with Crippen molar-refractivity contribution < 1.29 is 63.4 Å². The second-order valence-corrected chi connectivity index (χ2v) is 18.7. The average molecular weight is 822 g/mol. The summed E-state index contributed by atoms with van der Waals surface area (Å²) in [6, 6.07) is -1.41. The summed E-state index contributed by atoms with van der Waals surface area (Å²) < 4.78 is 37.3. The van der Waals surface area contributed by atoms with Gasteiger partial charge in [-0.25, -0.2) is 0 Å². The van der Waals surface area contributed by atoms with Crippen LogP contribution in [0.15, 0.2) is 0 Å². The van der Waals surface area contributed by atoms with Gasteiger partial charge in [-0.15, -0.1) is 0 Å². The molecule has 16 heteroatoms. The van der Waals surface area contributed by atoms with Gasteiger partial charge in [0.15, 0.2) is 18.7 Å². The van der Waals surface area contributed by atoms with Gasteiger partial charge in [0.1, 0.15) is 35.1 Å². The molecule has 16 nitrogen and oxygen atoms in total. The van der Waals surface area contributed by atoms with E-state index < -0.39 is 112 Å². The minimum atomic E-state index is -1.84. The van der Waals surface area contributed by atoms with Crippen LogP contribution < -0.4 is 10.6 Å². The van der Waals surface area contributed by atoms with E-state index in [0.717, 1.165) is 6.42 Å². The van der Waals surface area contributed by atoms with Gasteiger partial charge in [0, 0.05) is 38.5 Å². The molecule has 3 fully saturated rings. The lowest BCUT2D eigenvalue weighted by molar-refractivity contribution is -0.874. The molecule has 7 N–H and O–H groups in total. The van der Waals surface area contributed by atoms with Crippen molar-refractivity contribution in [1.29, 1.82) is 0 Å². The van der Waals surface area contributed by atoms with Crippen LogP contribution in [0.25, 0.3) is 0 Å². The molecule has 0 saturated carbocycles. The molecule has 0 aromatic carbocycles. The van der Waals surface area contributed by atoms with Gasteiger partial charge in [-0.3, -0.25) is 4.79 Å². The van der Waals surface area contributed by atoms with E-state index in [2.05, 4.69) is 10.6 Å². The molecule has 0 unspecified atom stereocenters. The molecule has 0 spiro atoms. The van der Waals surface area contributed by atoms with Crippen molar-refractivity contribution in [2.75, 3.05) is 40.8 Å². The zero-order chi connectivity index (χ0) is 43.5. The van der Waals surface area contributed by atoms with Crippen LogP contribution in [0.2, 0.25) is 0 Å². The number of likely N-dealkylation sites (N-methyl/N-ethyl adjacent to an activating group) is 1. The molecule has 0 aromatic rings. The average Bonchev–Trinajstić information content (AvgIpc) is 3.12. The third kappa shape index (κ3) is 11.4. The van der Waals surface area contributed by atoms with Crippen molar-refractivity contribution >= 4 is 5.97 Å². The predicted molar refractivity (Wildman–Crippen MR) is 213 cm³/mol. The molecule has 3 aliphatic heterocycles. The molecule has 3 aliphatic rings. The number of nitrogens with one attached hydrogen (secondary N) is 2. The van der Waals surface area contributed by atoms with Crippen LogP contribution in [0, 0.1) is 23.0 Å². The third-order valence-corrected chi connectivity index (χ3v) is 13.2. The SMILES string of the molecule is CCCNC[C@]1(O)[C@H](C)O[C@@H](O[C@H]2[C@H](C)[C@@H](O[C@@H]3O[C@H](C)C[C@H]([N+](C)(C)[O-])[C@H]3O)[C@](C)(O)C[C@@H](C)CN[C@H](C)[C@@H](O)[C@](C)(O)[C@@H](CC)OC(=O)[C@@H]2C)C[C@@]1(C)OC. The molecule has 336 valence electrons. The van der Waals surface area contributed by atoms with Crippen LogP contribution in [0.1, 0.15) is 108 Å². The topological polar surface area (TPSA) is 221 Å². The predicted octanol–water partition coefficient (Wildman–Crippen LogP) is 1.94. The fraction of sp³-hybridized carbons (Fsp3) is 0.976. The number of aliphatic hydroxyl groups is 5. The van der Waals surface area contributed by atoms with E-state index in [4.69, 9.17) is 28.4 Å². The van der Waals surface area contributed by atoms with Gasteiger partial charge in [-0.2, -0.15) is 0 Å². The number of carbonyl (C=O) groups excluding carboxylic acids is 1. The molecule has 0 aliphatic carbocycles. The molecule has 3 rings (SSSR count). The van der Waals surface area contributed by atoms with E-state index in [1.165, 1.54) is 28.1 Å². The first-order chi connectivity index (χ1) is 26.2. The van der Waals surface area contributed by atoms with Gasteiger partial charge >= 0.3 is 5.97 Å². The van der Waals surface area contributed by atoms with Crippen LogP contribution in [0.3, 0.4) is 0 Å². The molecule has 18 atom stereocenters. The van der Waals surface area contributed by atoms with Crippen LogP contribution in [-0.4, -0.2) is 167 Å². The molecular formula is C41H79N3O13. The zero-order valence-electron chi connectivity index (χ0n) is 37.2. The van der Waals surface area contributed by atoms with Crippen molar-refractivity contribution in [3.8, 4) is 0 Å². The highest BCUT2D eigenvalue weighted by Gasteiger charge is 2.58. The molecule has 57 heavy (non-hydrogen) atoms. The summed E-state index contributed by atoms with van der Waals surface area (Å²) in [5, 5.41) is 78.9. The summed E-state index contributed by atoms with van der Waals surface area (Å²) in [5.41, 5.74) is -6.12. The number of methoxy groups -OCH3 is 1. The second kappa shape index (κ2) is 19.7. The highest BCUT2D eigenvalue weighted by atomic mass is 16.7. The first-order valence-corrected chi connectivity index (χ1v) is 21.1. The first-order valence-electron chi connectivity index (χ1n) is 21.1. The Morgan fingerprint density at radius 2 is 1.61 bits per heavy atom. The minimum Gasteiger partial charge on any atom is -0.633 e. The van der Waals surface area contributed by atoms with E-state index in [-0.39, 0.29) is 38.1 Å². The lowest BCUT2D eigenvalue weighted by Crippen LogP contribution is -2.70. The number of carbonyl (C=O) groups is 1. The fourth-order valence-corrected chi connectivity index (χ4v) is 9.31. The van der Waals surface area contributed by atoms with Crippen molar-refractivity contribution in [3.63, 3.8) is 0 Å². The zero-order valence-corrected chi connectivity index (χ0v) is 37.2. The molecule has 0 radical (unpaired) electrons. The number of hydrogen-bond acceptors (Lipinski definition) is 15. The standard InChI is InChI=1S/C41H79N3O13/c1-15-17-42-22-41(50)28(8)54-31(20-39(41,10)52-14)56-33-25(5)35(57-37-32(45)29(44(12,13)51)18-24(4)53-37)38(9,48)19-23(3)21-43-27(7)34(46)40(11,49)30(16-2)55-36(47)26(33)6/h23-35,37,42-43,45-46,48-50H,15-22H2,1-14H3/t23-,24-,25+,26-,27-,28+,29+,30-,31+,32-,33+,34-,35-,37+,38-,39-,40-,41+/m1/s1. The number of hydrogen-bond donors (Lipinski definition) is 7. The maximum Gasteiger partial charge on any atom is 0.311 e. The van der Waals surface area contributed by atoms with Gasteiger partial charge in [-0.05, 0) is 86.7 Å². The molecule has 3 saturated heterocycles. The van der Waals surface area contributed by atoms with Gasteiger partial charge in [0.25, 0.3) is 0 Å². The number of esters is 1. The maximum absolute atomic E-state index is 14.3. The Bertz CT molecular complexity index is 1270. The second-order valence-electron chi connectivity index (χ2n) is 18.7. The lowest BCUT2D eigenvalue weighted by atomic mass is 9.75. The van der Waals surface area contributed by atoms with Crippen molar-refractivity contribution in [2.45, 2.75) is 198 Å². The molecular weight excluding hydrogens is 742 g/mol. The van der Waals surface area contributed by atoms with Gasteiger partial charge in [0.05, 0.1) is 50.0 Å². The summed E-state index contributed by atoms with van der Waals surface area (Å²) in [6.45, 7) is 20.4. The summed E-state index contributed by atoms with van der Waals surface area (Å²) >= 11 is 0. The van der Waals surface area contributed by atoms with Crippen LogP contribution in [0.4, 0.5) is 0 Å². The normalized spacial score (nSPS) is 47.5. The Hall–Kier alpha value is -1.09. The Balaban J connectivity index is 2.17. The summed E-state index contributed by atoms with van der Waals surface area (Å²) in [6.07, 6.45) is -8.11. The molecule has 0 amide bonds. The van der Waals surface area contributed by atoms with E-state index in [1.807, 2.05) is 13.8 Å². The summed E-state index contributed by atoms with van der Waals surface area (Å²) in [7, 11) is 4.42. The van der Waals surface area contributed by atoms with Gasteiger partial charge in [0.2, 0.25) is 0 Å². The Labute approximate surface area is 341 Å². The monoisotopic (exact) mass is 822 g/mol. The van der Waals surface area contributed by atoms with Crippen LogP contribution >= 0.6 is 0 Å². The summed E-state index contributed by atoms with van der Waals surface area (Å²) in [5.74, 6) is -2.88. The van der Waals surface area contributed by atoms with Gasteiger partial charge in [-0.1, -0.05) is 27.7 Å². The van der Waals surface area contributed by atoms with Crippen LogP contribution in [-0.2, 0) is 33.2 Å². The minimum absolute atomic E-state index is 0.0598. The highest BCUT2D eigenvalue weighted by molar-refractivity contribution is 5.73. The fourth-order valence-electron chi connectivity index (χ4n) is 9.31. The van der Waals surface area contributed by atoms with E-state index >= 15 is 0 Å². The number of ether oxygens (including phenoxy) is 6. The largest absolute Gasteiger partial charge is 0.633 e. The number of quaternary nitrogens is 1. The number of cyclic esters (lactones) is 1. The maximum atomic E-state index is 14.3. The van der Waals surface area contributed by atoms with Crippen molar-refractivity contribution in [1.82, 2.24) is 10.6 Å². The molecule has 3 heterocycles. The van der Waals surface area contributed by atoms with E-state index in [1.54, 1.807) is 55.4 Å². The van der Waals surface area contributed by atoms with Crippen molar-refractivity contribution in [3.05, 3.63) is 5.21 Å². The highest BCUT2D eigenvalue weighted by Crippen LogP contribution is 2.43. The molecule has 0 aromatic heterocycles. The van der Waals surface area contributed by atoms with Crippen LogP contribution in [0.5, 0.6) is 0 Å². The summed E-state index contributed by atoms with van der Waals surface area (Å²) in [4.78, 5) is 14.3. The number of hydroxylamine groups is 3.